The highest BCUT2D eigenvalue weighted by atomic mass is 15.0. The molecule has 0 saturated heterocycles. The third kappa shape index (κ3) is 3.43. The predicted molar refractivity (Wildman–Crippen MR) is 66.0 cm³/mol. The molecule has 1 unspecified atom stereocenters. The van der Waals surface area contributed by atoms with Crippen LogP contribution in [-0.4, -0.2) is 11.0 Å². The van der Waals surface area contributed by atoms with Gasteiger partial charge in [-0.3, -0.25) is 0 Å². The van der Waals surface area contributed by atoms with Crippen molar-refractivity contribution in [3.8, 4) is 6.07 Å². The molecule has 1 aromatic heterocycles. The monoisotopic (exact) mass is 218 g/mol. The molecule has 0 aliphatic carbocycles. The lowest BCUT2D eigenvalue weighted by molar-refractivity contribution is 0.643. The van der Waals surface area contributed by atoms with Crippen LogP contribution in [0.2, 0.25) is 0 Å². The molecule has 0 saturated carbocycles. The third-order valence-electron chi connectivity index (χ3n) is 2.40. The van der Waals surface area contributed by atoms with Gasteiger partial charge in [-0.25, -0.2) is 4.98 Å². The second-order valence-electron chi connectivity index (χ2n) is 3.96. The highest BCUT2D eigenvalue weighted by molar-refractivity contribution is 5.57. The number of unbranched alkanes of at least 4 members (excludes halogenated alkanes) is 1. The highest BCUT2D eigenvalue weighted by Crippen LogP contribution is 2.16. The van der Waals surface area contributed by atoms with Gasteiger partial charge >= 0.3 is 0 Å². The summed E-state index contributed by atoms with van der Waals surface area (Å²) >= 11 is 0. The molecule has 0 fully saturated rings. The first kappa shape index (κ1) is 12.3. The number of anilines is 2. The standard InChI is InChI=1S/C12H18N4/c1-3-4-5-9(2)16-12-10(7-13)6-11(14)8-15-12/h6,8-9H,3-5,14H2,1-2H3,(H,15,16). The lowest BCUT2D eigenvalue weighted by atomic mass is 10.1. The van der Waals surface area contributed by atoms with Crippen LogP contribution in [0.4, 0.5) is 11.5 Å². The van der Waals surface area contributed by atoms with Gasteiger partial charge in [0.1, 0.15) is 11.9 Å². The zero-order valence-corrected chi connectivity index (χ0v) is 9.83. The minimum atomic E-state index is 0.322. The first-order chi connectivity index (χ1) is 7.67. The largest absolute Gasteiger partial charge is 0.397 e. The average molecular weight is 218 g/mol. The Labute approximate surface area is 96.5 Å². The second-order valence-corrected chi connectivity index (χ2v) is 3.96. The van der Waals surface area contributed by atoms with Crippen LogP contribution in [0.15, 0.2) is 12.3 Å². The van der Waals surface area contributed by atoms with Crippen LogP contribution in [0, 0.1) is 11.3 Å². The fraction of sp³-hybridized carbons (Fsp3) is 0.500. The van der Waals surface area contributed by atoms with Gasteiger partial charge in [0.05, 0.1) is 17.4 Å². The van der Waals surface area contributed by atoms with Gasteiger partial charge in [-0.1, -0.05) is 19.8 Å². The quantitative estimate of drug-likeness (QED) is 0.796. The Morgan fingerprint density at radius 1 is 1.62 bits per heavy atom. The summed E-state index contributed by atoms with van der Waals surface area (Å²) in [6.45, 7) is 4.25. The number of nitrogens with one attached hydrogen (secondary N) is 1. The van der Waals surface area contributed by atoms with E-state index in [4.69, 9.17) is 11.0 Å². The smallest absolute Gasteiger partial charge is 0.144 e. The summed E-state index contributed by atoms with van der Waals surface area (Å²) in [6.07, 6.45) is 4.99. The van der Waals surface area contributed by atoms with Crippen LogP contribution in [0.25, 0.3) is 0 Å². The third-order valence-corrected chi connectivity index (χ3v) is 2.40. The van der Waals surface area contributed by atoms with Crippen molar-refractivity contribution in [2.24, 2.45) is 0 Å². The van der Waals surface area contributed by atoms with Crippen LogP contribution < -0.4 is 11.1 Å². The molecule has 0 radical (unpaired) electrons. The van der Waals surface area contributed by atoms with E-state index in [1.165, 1.54) is 12.8 Å². The Bertz CT molecular complexity index is 381. The van der Waals surface area contributed by atoms with Crippen molar-refractivity contribution in [2.45, 2.75) is 39.2 Å². The van der Waals surface area contributed by atoms with Crippen molar-refractivity contribution in [1.82, 2.24) is 4.98 Å². The highest BCUT2D eigenvalue weighted by Gasteiger charge is 2.07. The van der Waals surface area contributed by atoms with Crippen LogP contribution >= 0.6 is 0 Å². The SMILES string of the molecule is CCCCC(C)Nc1ncc(N)cc1C#N. The first-order valence-corrected chi connectivity index (χ1v) is 5.59. The van der Waals surface area contributed by atoms with Crippen LogP contribution in [0.3, 0.4) is 0 Å². The van der Waals surface area contributed by atoms with Gasteiger partial charge in [0.25, 0.3) is 0 Å². The first-order valence-electron chi connectivity index (χ1n) is 5.59. The molecule has 0 aliphatic heterocycles. The summed E-state index contributed by atoms with van der Waals surface area (Å²) < 4.78 is 0. The summed E-state index contributed by atoms with van der Waals surface area (Å²) in [5.41, 5.74) is 6.59. The van der Waals surface area contributed by atoms with Crippen molar-refractivity contribution in [3.63, 3.8) is 0 Å². The van der Waals surface area contributed by atoms with Crippen LogP contribution in [-0.2, 0) is 0 Å². The van der Waals surface area contributed by atoms with Crippen molar-refractivity contribution >= 4 is 11.5 Å². The van der Waals surface area contributed by atoms with E-state index in [9.17, 15) is 0 Å². The molecule has 4 nitrogen and oxygen atoms in total. The van der Waals surface area contributed by atoms with Gasteiger partial charge in [0, 0.05) is 6.04 Å². The van der Waals surface area contributed by atoms with E-state index in [-0.39, 0.29) is 0 Å². The Morgan fingerprint density at radius 3 is 3.00 bits per heavy atom. The maximum absolute atomic E-state index is 8.95. The number of hydrogen-bond donors (Lipinski definition) is 2. The average Bonchev–Trinajstić information content (AvgIpc) is 2.28. The van der Waals surface area contributed by atoms with E-state index < -0.39 is 0 Å². The number of nitrogen functional groups attached to an aromatic ring is 1. The Morgan fingerprint density at radius 2 is 2.38 bits per heavy atom. The van der Waals surface area contributed by atoms with E-state index >= 15 is 0 Å². The zero-order valence-electron chi connectivity index (χ0n) is 9.83. The number of nitrogens with zero attached hydrogens (tertiary/aromatic N) is 2. The van der Waals surface area contributed by atoms with Gasteiger partial charge in [-0.2, -0.15) is 5.26 Å². The minimum absolute atomic E-state index is 0.322. The molecule has 0 bridgehead atoms. The van der Waals surface area contributed by atoms with Gasteiger partial charge < -0.3 is 11.1 Å². The molecule has 1 heterocycles. The van der Waals surface area contributed by atoms with E-state index in [0.717, 1.165) is 6.42 Å². The molecule has 1 atom stereocenters. The summed E-state index contributed by atoms with van der Waals surface area (Å²) in [5.74, 6) is 0.625. The summed E-state index contributed by atoms with van der Waals surface area (Å²) in [6, 6.07) is 4.06. The topological polar surface area (TPSA) is 74.7 Å². The van der Waals surface area contributed by atoms with Gasteiger partial charge in [-0.05, 0) is 19.4 Å². The second kappa shape index (κ2) is 5.96. The maximum atomic E-state index is 8.95. The van der Waals surface area contributed by atoms with Crippen molar-refractivity contribution in [1.29, 1.82) is 5.26 Å². The fourth-order valence-electron chi connectivity index (χ4n) is 1.50. The Balaban J connectivity index is 2.70. The van der Waals surface area contributed by atoms with E-state index in [0.29, 0.717) is 23.1 Å². The molecular weight excluding hydrogens is 200 g/mol. The molecule has 1 rings (SSSR count). The zero-order chi connectivity index (χ0) is 12.0. The number of aromatic nitrogens is 1. The molecule has 3 N–H and O–H groups in total. The maximum Gasteiger partial charge on any atom is 0.144 e. The molecular formula is C12H18N4. The lowest BCUT2D eigenvalue weighted by Gasteiger charge is -2.14. The number of nitrogens with two attached hydrogens (primary N) is 1. The molecule has 0 spiro atoms. The molecule has 0 amide bonds. The van der Waals surface area contributed by atoms with E-state index in [1.807, 2.05) is 0 Å². The summed E-state index contributed by atoms with van der Waals surface area (Å²) in [7, 11) is 0. The molecule has 4 heteroatoms. The fourth-order valence-corrected chi connectivity index (χ4v) is 1.50. The predicted octanol–water partition coefficient (Wildman–Crippen LogP) is 2.53. The Hall–Kier alpha value is -1.76. The summed E-state index contributed by atoms with van der Waals surface area (Å²) in [4.78, 5) is 4.14. The van der Waals surface area contributed by atoms with Gasteiger partial charge in [0.2, 0.25) is 0 Å². The summed E-state index contributed by atoms with van der Waals surface area (Å²) in [5, 5.41) is 12.2. The molecule has 86 valence electrons. The molecule has 16 heavy (non-hydrogen) atoms. The van der Waals surface area contributed by atoms with Crippen molar-refractivity contribution < 1.29 is 0 Å². The minimum Gasteiger partial charge on any atom is -0.397 e. The number of nitriles is 1. The van der Waals surface area contributed by atoms with Crippen molar-refractivity contribution in [3.05, 3.63) is 17.8 Å². The van der Waals surface area contributed by atoms with Crippen LogP contribution in [0.5, 0.6) is 0 Å². The number of rotatable bonds is 5. The van der Waals surface area contributed by atoms with Gasteiger partial charge in [-0.15, -0.1) is 0 Å². The lowest BCUT2D eigenvalue weighted by Crippen LogP contribution is -2.16. The van der Waals surface area contributed by atoms with Crippen LogP contribution in [0.1, 0.15) is 38.7 Å². The number of pyridine rings is 1. The Kier molecular flexibility index (Phi) is 4.59. The van der Waals surface area contributed by atoms with E-state index in [1.54, 1.807) is 12.3 Å². The normalized spacial score (nSPS) is 11.8. The van der Waals surface area contributed by atoms with Crippen molar-refractivity contribution in [2.75, 3.05) is 11.1 Å². The molecule has 0 aliphatic rings. The molecule has 0 aromatic carbocycles. The number of hydrogen-bond acceptors (Lipinski definition) is 4. The molecule has 1 aromatic rings. The van der Waals surface area contributed by atoms with E-state index in [2.05, 4.69) is 30.2 Å². The van der Waals surface area contributed by atoms with Gasteiger partial charge in [0.15, 0.2) is 0 Å².